The summed E-state index contributed by atoms with van der Waals surface area (Å²) < 4.78 is 110. The van der Waals surface area contributed by atoms with Crippen LogP contribution in [0.3, 0.4) is 0 Å². The number of hydrogen-bond donors (Lipinski definition) is 0. The maximum absolute atomic E-state index is 13.0. The minimum absolute atomic E-state index is 0.00541. The maximum Gasteiger partial charge on any atom is 0.237 e. The lowest BCUT2D eigenvalue weighted by atomic mass is 10.0. The van der Waals surface area contributed by atoms with Crippen molar-refractivity contribution in [1.29, 1.82) is 5.26 Å². The van der Waals surface area contributed by atoms with E-state index in [2.05, 4.69) is 57.9 Å². The third-order valence-electron chi connectivity index (χ3n) is 16.5. The number of benzene rings is 12. The number of fused-ring (bicyclic) bond motifs is 20. The molecule has 378 valence electrons. The van der Waals surface area contributed by atoms with Crippen LogP contribution in [0, 0.1) is 17.9 Å². The summed E-state index contributed by atoms with van der Waals surface area (Å²) in [5, 5.41) is 19.4. The highest BCUT2D eigenvalue weighted by atomic mass is 32.1. The zero-order chi connectivity index (χ0) is 62.6. The van der Waals surface area contributed by atoms with E-state index in [1.807, 2.05) is 149 Å². The van der Waals surface area contributed by atoms with Crippen molar-refractivity contribution in [2.75, 3.05) is 0 Å². The maximum atomic E-state index is 13.0. The highest BCUT2D eigenvalue weighted by molar-refractivity contribution is 7.26. The third-order valence-corrected chi connectivity index (χ3v) is 17.6. The van der Waals surface area contributed by atoms with Crippen molar-refractivity contribution in [2.24, 2.45) is 0 Å². The number of para-hydroxylation sites is 6. The standard InChI is InChI=1S/C74H40N6OS/c1-76-66-67(79-62-32-16-9-25-49(62)52-37-39-55-51-27-11-18-34-65(51)82-74(55)70(52)79)57(42-75)68(77-58-28-12-5-21-45(58)46-22-6-13-29-59(46)77)72(71(66)78-60-30-14-7-23-47(60)48-24-8-15-31-61(48)78)80-63-40-35-44(43-19-3-2-4-20-43)41-56(63)53-36-38-54-50-26-10-17-33-64(50)81-73(54)69(53)80/h2-41H/i9D,11D,16D,18D,25D,27D,32D,34D,37D,39D. The highest BCUT2D eigenvalue weighted by Crippen LogP contribution is 2.54. The molecule has 6 aromatic heterocycles. The molecule has 0 N–H and O–H groups in total. The van der Waals surface area contributed by atoms with E-state index in [0.717, 1.165) is 65.6 Å². The lowest BCUT2D eigenvalue weighted by Crippen LogP contribution is -2.14. The molecular weight excluding hydrogens is 1020 g/mol. The minimum Gasteiger partial charge on any atom is -0.454 e. The zero-order valence-corrected chi connectivity index (χ0v) is 43.6. The Balaban J connectivity index is 1.19. The average Bonchev–Trinajstić information content (AvgIpc) is 1.48. The van der Waals surface area contributed by atoms with Crippen molar-refractivity contribution in [3.63, 3.8) is 0 Å². The Kier molecular flexibility index (Phi) is 7.34. The molecule has 0 unspecified atom stereocenters. The minimum atomic E-state index is -0.643. The second-order valence-corrected chi connectivity index (χ2v) is 21.5. The van der Waals surface area contributed by atoms with Gasteiger partial charge in [-0.1, -0.05) is 182 Å². The van der Waals surface area contributed by atoms with Gasteiger partial charge in [0.15, 0.2) is 5.58 Å². The van der Waals surface area contributed by atoms with E-state index in [9.17, 15) is 22.8 Å². The first-order valence-electron chi connectivity index (χ1n) is 31.6. The molecule has 0 saturated carbocycles. The number of nitriles is 1. The van der Waals surface area contributed by atoms with Gasteiger partial charge in [-0.05, 0) is 71.7 Å². The fourth-order valence-corrected chi connectivity index (χ4v) is 14.3. The Labute approximate surface area is 485 Å². The number of furan rings is 1. The molecule has 18 aromatic rings. The van der Waals surface area contributed by atoms with Gasteiger partial charge < -0.3 is 22.7 Å². The molecular formula is C74H40N6OS. The average molecular weight is 1070 g/mol. The van der Waals surface area contributed by atoms with Gasteiger partial charge in [0.1, 0.15) is 11.7 Å². The summed E-state index contributed by atoms with van der Waals surface area (Å²) in [4.78, 5) is 4.68. The Bertz CT molecular complexity index is 6300. The van der Waals surface area contributed by atoms with Crippen molar-refractivity contribution in [3.05, 3.63) is 259 Å². The van der Waals surface area contributed by atoms with Crippen LogP contribution in [0.4, 0.5) is 5.69 Å². The van der Waals surface area contributed by atoms with E-state index in [1.54, 1.807) is 0 Å². The van der Waals surface area contributed by atoms with E-state index >= 15 is 0 Å². The van der Waals surface area contributed by atoms with Crippen LogP contribution in [-0.2, 0) is 0 Å². The molecule has 8 heteroatoms. The Morgan fingerprint density at radius 1 is 0.415 bits per heavy atom. The summed E-state index contributed by atoms with van der Waals surface area (Å²) in [6.45, 7) is 10.1. The Hall–Kier alpha value is -11.2. The summed E-state index contributed by atoms with van der Waals surface area (Å²) in [7, 11) is 0. The van der Waals surface area contributed by atoms with Crippen molar-refractivity contribution in [3.8, 4) is 39.9 Å². The number of rotatable bonds is 5. The lowest BCUT2D eigenvalue weighted by molar-refractivity contribution is 0.671. The predicted octanol–water partition coefficient (Wildman–Crippen LogP) is 20.4. The molecule has 82 heavy (non-hydrogen) atoms. The molecule has 0 fully saturated rings. The second kappa shape index (κ2) is 16.7. The molecule has 0 atom stereocenters. The summed E-state index contributed by atoms with van der Waals surface area (Å²) in [6, 6.07) is 57.4. The van der Waals surface area contributed by atoms with Crippen LogP contribution in [0.2, 0.25) is 0 Å². The molecule has 7 nitrogen and oxygen atoms in total. The van der Waals surface area contributed by atoms with E-state index in [-0.39, 0.29) is 76.3 Å². The van der Waals surface area contributed by atoms with Crippen LogP contribution >= 0.6 is 11.3 Å². The Morgan fingerprint density at radius 3 is 1.66 bits per heavy atom. The van der Waals surface area contributed by atoms with Crippen molar-refractivity contribution in [1.82, 2.24) is 18.3 Å². The lowest BCUT2D eigenvalue weighted by Gasteiger charge is -2.27. The van der Waals surface area contributed by atoms with Crippen LogP contribution in [-0.4, -0.2) is 18.3 Å². The molecule has 18 rings (SSSR count). The van der Waals surface area contributed by atoms with Gasteiger partial charge in [-0.25, -0.2) is 4.85 Å². The third kappa shape index (κ3) is 5.84. The van der Waals surface area contributed by atoms with Gasteiger partial charge >= 0.3 is 0 Å². The van der Waals surface area contributed by atoms with Gasteiger partial charge in [0, 0.05) is 69.3 Å². The van der Waals surface area contributed by atoms with E-state index in [4.69, 9.17) is 7.16 Å². The topological polar surface area (TPSA) is 61.0 Å². The zero-order valence-electron chi connectivity index (χ0n) is 52.8. The summed E-state index contributed by atoms with van der Waals surface area (Å²) in [6.07, 6.45) is 0. The van der Waals surface area contributed by atoms with E-state index in [0.29, 0.717) is 50.0 Å². The first-order chi connectivity index (χ1) is 44.8. The monoisotopic (exact) mass is 1070 g/mol. The molecule has 0 saturated heterocycles. The number of nitrogens with zero attached hydrogens (tertiary/aromatic N) is 6. The Morgan fingerprint density at radius 2 is 0.976 bits per heavy atom. The second-order valence-electron chi connectivity index (χ2n) is 20.5. The predicted molar refractivity (Wildman–Crippen MR) is 340 cm³/mol. The molecule has 0 aliphatic rings. The fraction of sp³-hybridized carbons (Fsp3) is 0. The smallest absolute Gasteiger partial charge is 0.237 e. The van der Waals surface area contributed by atoms with E-state index < -0.39 is 54.4 Å². The molecule has 0 bridgehead atoms. The van der Waals surface area contributed by atoms with E-state index in [1.165, 1.54) is 4.57 Å². The number of thiophene rings is 1. The largest absolute Gasteiger partial charge is 0.454 e. The van der Waals surface area contributed by atoms with Crippen molar-refractivity contribution in [2.45, 2.75) is 0 Å². The van der Waals surface area contributed by atoms with Crippen molar-refractivity contribution >= 4 is 146 Å². The van der Waals surface area contributed by atoms with Crippen LogP contribution in [0.25, 0.3) is 168 Å². The number of aromatic nitrogens is 4. The highest BCUT2D eigenvalue weighted by Gasteiger charge is 2.36. The van der Waals surface area contributed by atoms with Crippen molar-refractivity contribution < 1.29 is 18.1 Å². The van der Waals surface area contributed by atoms with Crippen LogP contribution < -0.4 is 0 Å². The van der Waals surface area contributed by atoms with Crippen LogP contribution in [0.5, 0.6) is 0 Å². The SMILES string of the molecule is [2H]c1c([2H])c([2H])c2c(sc3c2c([2H])c([2H])c2c4c([2H])c([2H])c([2H])c([2H])c4n(-c4c(C#N)c(-n5c6ccccc6c6ccccc65)c(-n5c6ccc(-c7ccccc7)cc6c6ccc7c8ccccc8oc7c65)c(-n5c6ccccc6c6ccccc65)c4[N+]#[C-])c32)c1[2H]. The molecule has 0 spiro atoms. The first-order valence-corrected chi connectivity index (χ1v) is 27.4. The van der Waals surface area contributed by atoms with Gasteiger partial charge in [0.05, 0.1) is 97.4 Å². The van der Waals surface area contributed by atoms with Gasteiger partial charge in [-0.2, -0.15) is 5.26 Å². The molecule has 6 heterocycles. The van der Waals surface area contributed by atoms with Gasteiger partial charge in [0.2, 0.25) is 5.69 Å². The van der Waals surface area contributed by atoms with Gasteiger partial charge in [0.25, 0.3) is 0 Å². The van der Waals surface area contributed by atoms with Crippen LogP contribution in [0.1, 0.15) is 19.3 Å². The molecule has 0 aliphatic carbocycles. The summed E-state index contributed by atoms with van der Waals surface area (Å²) in [5.74, 6) is 0. The van der Waals surface area contributed by atoms with Gasteiger partial charge in [-0.15, -0.1) is 11.3 Å². The normalized spacial score (nSPS) is 13.8. The molecule has 0 aliphatic heterocycles. The summed E-state index contributed by atoms with van der Waals surface area (Å²) >= 11 is 0.930. The molecule has 0 radical (unpaired) electrons. The first kappa shape index (κ1) is 36.1. The summed E-state index contributed by atoms with van der Waals surface area (Å²) in [5.41, 5.74) is 7.38. The quantitative estimate of drug-likeness (QED) is 0.161. The molecule has 0 amide bonds. The van der Waals surface area contributed by atoms with Crippen LogP contribution in [0.15, 0.2) is 247 Å². The number of hydrogen-bond acceptors (Lipinski definition) is 3. The fourth-order valence-electron chi connectivity index (χ4n) is 13.2. The van der Waals surface area contributed by atoms with Gasteiger partial charge in [-0.3, -0.25) is 0 Å². The molecule has 12 aromatic carbocycles.